The molecule has 1 fully saturated rings. The predicted molar refractivity (Wildman–Crippen MR) is 108 cm³/mol. The summed E-state index contributed by atoms with van der Waals surface area (Å²) in [5.41, 5.74) is 0.937. The first kappa shape index (κ1) is 22.0. The van der Waals surface area contributed by atoms with Crippen molar-refractivity contribution < 1.29 is 19.4 Å². The van der Waals surface area contributed by atoms with E-state index in [1.807, 2.05) is 24.3 Å². The van der Waals surface area contributed by atoms with E-state index in [2.05, 4.69) is 29.4 Å². The lowest BCUT2D eigenvalue weighted by Gasteiger charge is -2.26. The first-order valence-corrected chi connectivity index (χ1v) is 10.2. The Morgan fingerprint density at radius 3 is 2.46 bits per heavy atom. The van der Waals surface area contributed by atoms with Crippen molar-refractivity contribution in [1.82, 2.24) is 15.5 Å². The average molecular weight is 392 g/mol. The molecular weight excluding hydrogens is 358 g/mol. The van der Waals surface area contributed by atoms with Crippen molar-refractivity contribution >= 4 is 12.0 Å². The molecule has 1 aromatic carbocycles. The molecule has 1 aliphatic carbocycles. The number of para-hydroxylation sites is 1. The molecule has 0 radical (unpaired) electrons. The van der Waals surface area contributed by atoms with Gasteiger partial charge in [0.15, 0.2) is 0 Å². The number of nitrogens with zero attached hydrogens (tertiary/aromatic N) is 1. The highest BCUT2D eigenvalue weighted by molar-refractivity contribution is 5.74. The number of ether oxygens (including phenoxy) is 1. The zero-order valence-electron chi connectivity index (χ0n) is 16.9. The number of hydrogen-bond acceptors (Lipinski definition) is 4. The average Bonchev–Trinajstić information content (AvgIpc) is 2.71. The van der Waals surface area contributed by atoms with Crippen LogP contribution in [0.4, 0.5) is 4.79 Å². The number of carbonyl (C=O) groups is 2. The maximum absolute atomic E-state index is 12.2. The molecule has 3 N–H and O–H groups in total. The lowest BCUT2D eigenvalue weighted by molar-refractivity contribution is -0.142. The van der Waals surface area contributed by atoms with Crippen molar-refractivity contribution in [3.05, 3.63) is 29.8 Å². The number of rotatable bonds is 10. The lowest BCUT2D eigenvalue weighted by Crippen LogP contribution is -2.43. The standard InChI is InChI=1S/C21H33N3O4/c1-3-24(4-2)13-14-28-19-8-6-5-7-17(19)15-22-21(27)23-18-11-9-16(10-12-18)20(25)26/h5-8,16,18H,3-4,9-15H2,1-2H3,(H,25,26)(H2,22,23,27). The van der Waals surface area contributed by atoms with Crippen LogP contribution in [0, 0.1) is 5.92 Å². The predicted octanol–water partition coefficient (Wildman–Crippen LogP) is 2.85. The number of carboxylic acids is 1. The van der Waals surface area contributed by atoms with Crippen molar-refractivity contribution in [2.24, 2.45) is 5.92 Å². The Morgan fingerprint density at radius 2 is 1.82 bits per heavy atom. The van der Waals surface area contributed by atoms with Crippen LogP contribution in [-0.2, 0) is 11.3 Å². The molecule has 0 unspecified atom stereocenters. The van der Waals surface area contributed by atoms with Crippen LogP contribution in [0.25, 0.3) is 0 Å². The Bertz CT molecular complexity index is 626. The summed E-state index contributed by atoms with van der Waals surface area (Å²) in [5.74, 6) is -0.223. The molecule has 2 rings (SSSR count). The molecule has 0 heterocycles. The van der Waals surface area contributed by atoms with E-state index in [1.165, 1.54) is 0 Å². The van der Waals surface area contributed by atoms with E-state index in [0.29, 0.717) is 38.8 Å². The highest BCUT2D eigenvalue weighted by Gasteiger charge is 2.26. The Hall–Kier alpha value is -2.28. The van der Waals surface area contributed by atoms with E-state index in [0.717, 1.165) is 30.9 Å². The molecule has 0 aromatic heterocycles. The van der Waals surface area contributed by atoms with Crippen LogP contribution >= 0.6 is 0 Å². The van der Waals surface area contributed by atoms with Crippen molar-refractivity contribution in [3.8, 4) is 5.75 Å². The quantitative estimate of drug-likeness (QED) is 0.571. The van der Waals surface area contributed by atoms with E-state index in [4.69, 9.17) is 9.84 Å². The van der Waals surface area contributed by atoms with Crippen LogP contribution in [0.1, 0.15) is 45.1 Å². The topological polar surface area (TPSA) is 90.9 Å². The minimum atomic E-state index is -0.736. The zero-order chi connectivity index (χ0) is 20.4. The molecule has 0 atom stereocenters. The SMILES string of the molecule is CCN(CC)CCOc1ccccc1CNC(=O)NC1CCC(C(=O)O)CC1. The number of carboxylic acid groups (broad SMARTS) is 1. The fraction of sp³-hybridized carbons (Fsp3) is 0.619. The summed E-state index contributed by atoms with van der Waals surface area (Å²) >= 11 is 0. The van der Waals surface area contributed by atoms with Gasteiger partial charge in [0.2, 0.25) is 0 Å². The van der Waals surface area contributed by atoms with Crippen LogP contribution in [0.3, 0.4) is 0 Å². The summed E-state index contributed by atoms with van der Waals surface area (Å²) in [6.07, 6.45) is 2.64. The zero-order valence-corrected chi connectivity index (χ0v) is 16.9. The van der Waals surface area contributed by atoms with Gasteiger partial charge in [0.25, 0.3) is 0 Å². The molecular formula is C21H33N3O4. The number of carbonyl (C=O) groups excluding carboxylic acids is 1. The molecule has 28 heavy (non-hydrogen) atoms. The highest BCUT2D eigenvalue weighted by Crippen LogP contribution is 2.24. The number of benzene rings is 1. The third kappa shape index (κ3) is 7.03. The molecule has 7 nitrogen and oxygen atoms in total. The molecule has 7 heteroatoms. The van der Waals surface area contributed by atoms with E-state index < -0.39 is 5.97 Å². The molecule has 0 spiro atoms. The summed E-state index contributed by atoms with van der Waals surface area (Å²) in [5, 5.41) is 14.9. The second-order valence-corrected chi connectivity index (χ2v) is 7.20. The Balaban J connectivity index is 1.76. The maximum atomic E-state index is 12.2. The molecule has 1 aliphatic rings. The van der Waals surface area contributed by atoms with Crippen LogP contribution in [0.2, 0.25) is 0 Å². The molecule has 0 saturated heterocycles. The van der Waals surface area contributed by atoms with E-state index in [1.54, 1.807) is 0 Å². The van der Waals surface area contributed by atoms with Crippen LogP contribution in [0.15, 0.2) is 24.3 Å². The van der Waals surface area contributed by atoms with Crippen molar-refractivity contribution in [3.63, 3.8) is 0 Å². The summed E-state index contributed by atoms with van der Waals surface area (Å²) in [6.45, 7) is 8.13. The van der Waals surface area contributed by atoms with Gasteiger partial charge in [0, 0.05) is 24.7 Å². The summed E-state index contributed by atoms with van der Waals surface area (Å²) in [6, 6.07) is 7.54. The third-order valence-corrected chi connectivity index (χ3v) is 5.38. The van der Waals surface area contributed by atoms with Gasteiger partial charge in [0.05, 0.1) is 5.92 Å². The Labute approximate surface area is 167 Å². The van der Waals surface area contributed by atoms with Crippen molar-refractivity contribution in [2.45, 2.75) is 52.1 Å². The Kier molecular flexibility index (Phi) is 9.07. The number of aliphatic carboxylic acids is 1. The normalized spacial score (nSPS) is 19.2. The van der Waals surface area contributed by atoms with Gasteiger partial charge in [-0.3, -0.25) is 4.79 Å². The smallest absolute Gasteiger partial charge is 0.315 e. The van der Waals surface area contributed by atoms with E-state index in [9.17, 15) is 9.59 Å². The van der Waals surface area contributed by atoms with Crippen molar-refractivity contribution in [2.75, 3.05) is 26.2 Å². The highest BCUT2D eigenvalue weighted by atomic mass is 16.5. The van der Waals surface area contributed by atoms with E-state index >= 15 is 0 Å². The number of nitrogens with one attached hydrogen (secondary N) is 2. The minimum Gasteiger partial charge on any atom is -0.492 e. The second kappa shape index (κ2) is 11.5. The summed E-state index contributed by atoms with van der Waals surface area (Å²) in [4.78, 5) is 25.5. The van der Waals surface area contributed by atoms with Gasteiger partial charge in [-0.1, -0.05) is 32.0 Å². The van der Waals surface area contributed by atoms with Gasteiger partial charge in [-0.2, -0.15) is 0 Å². The van der Waals surface area contributed by atoms with Crippen molar-refractivity contribution in [1.29, 1.82) is 0 Å². The molecule has 156 valence electrons. The summed E-state index contributed by atoms with van der Waals surface area (Å²) < 4.78 is 5.92. The minimum absolute atomic E-state index is 0.0381. The number of amides is 2. The molecule has 0 aliphatic heterocycles. The molecule has 1 aromatic rings. The largest absolute Gasteiger partial charge is 0.492 e. The van der Waals surface area contributed by atoms with Crippen LogP contribution < -0.4 is 15.4 Å². The molecule has 2 amide bonds. The first-order chi connectivity index (χ1) is 13.5. The maximum Gasteiger partial charge on any atom is 0.315 e. The second-order valence-electron chi connectivity index (χ2n) is 7.20. The Morgan fingerprint density at radius 1 is 1.14 bits per heavy atom. The first-order valence-electron chi connectivity index (χ1n) is 10.2. The number of hydrogen-bond donors (Lipinski definition) is 3. The van der Waals surface area contributed by atoms with Gasteiger partial charge in [-0.15, -0.1) is 0 Å². The van der Waals surface area contributed by atoms with Gasteiger partial charge >= 0.3 is 12.0 Å². The third-order valence-electron chi connectivity index (χ3n) is 5.38. The fourth-order valence-electron chi connectivity index (χ4n) is 3.51. The van der Waals surface area contributed by atoms with Gasteiger partial charge in [-0.05, 0) is 44.8 Å². The van der Waals surface area contributed by atoms with E-state index in [-0.39, 0.29) is 18.0 Å². The van der Waals surface area contributed by atoms with Gasteiger partial charge in [0.1, 0.15) is 12.4 Å². The summed E-state index contributed by atoms with van der Waals surface area (Å²) in [7, 11) is 0. The van der Waals surface area contributed by atoms with Crippen LogP contribution in [0.5, 0.6) is 5.75 Å². The number of likely N-dealkylation sites (N-methyl/N-ethyl adjacent to an activating group) is 1. The van der Waals surface area contributed by atoms with Gasteiger partial charge < -0.3 is 25.4 Å². The van der Waals surface area contributed by atoms with Gasteiger partial charge in [-0.25, -0.2) is 4.79 Å². The fourth-order valence-corrected chi connectivity index (χ4v) is 3.51. The molecule has 1 saturated carbocycles. The lowest BCUT2D eigenvalue weighted by atomic mass is 9.86. The number of urea groups is 1. The molecule has 0 bridgehead atoms. The monoisotopic (exact) mass is 391 g/mol. The van der Waals surface area contributed by atoms with Crippen LogP contribution in [-0.4, -0.2) is 54.3 Å².